The van der Waals surface area contributed by atoms with Gasteiger partial charge in [-0.2, -0.15) is 25.3 Å². The van der Waals surface area contributed by atoms with E-state index in [1.165, 1.54) is 79.0 Å². The van der Waals surface area contributed by atoms with Crippen molar-refractivity contribution in [2.24, 2.45) is 0 Å². The van der Waals surface area contributed by atoms with Crippen LogP contribution in [0.25, 0.3) is 45.2 Å². The largest absolute Gasteiger partial charge is 0.294 e. The highest BCUT2D eigenvalue weighted by atomic mass is 32.2. The molecule has 2 aromatic heterocycles. The molecule has 5 aromatic rings. The monoisotopic (exact) mass is 626 g/mol. The van der Waals surface area contributed by atoms with Crippen LogP contribution in [0.5, 0.6) is 0 Å². The van der Waals surface area contributed by atoms with Crippen LogP contribution >= 0.6 is 0 Å². The zero-order chi connectivity index (χ0) is 30.3. The van der Waals surface area contributed by atoms with E-state index in [-0.39, 0.29) is 31.9 Å². The van der Waals surface area contributed by atoms with Gasteiger partial charge in [-0.05, 0) is 48.0 Å². The molecule has 0 radical (unpaired) electrons. The number of nitrogens with zero attached hydrogens (tertiary/aromatic N) is 4. The van der Waals surface area contributed by atoms with Crippen molar-refractivity contribution in [3.63, 3.8) is 0 Å². The summed E-state index contributed by atoms with van der Waals surface area (Å²) in [5.74, 6) is 0.0930. The number of hydrogen-bond acceptors (Lipinski definition) is 10. The normalized spacial score (nSPS) is 12.3. The lowest BCUT2D eigenvalue weighted by molar-refractivity contribution is 0.481. The van der Waals surface area contributed by atoms with E-state index in [1.54, 1.807) is 12.1 Å². The first kappa shape index (κ1) is 29.1. The zero-order valence-electron chi connectivity index (χ0n) is 21.0. The fraction of sp³-hybridized carbons (Fsp3) is 0. The van der Waals surface area contributed by atoms with E-state index in [1.807, 2.05) is 0 Å². The molecule has 0 spiro atoms. The van der Waals surface area contributed by atoms with Crippen LogP contribution in [0.15, 0.2) is 106 Å². The summed E-state index contributed by atoms with van der Waals surface area (Å²) in [4.78, 5) is 8.04. The highest BCUT2D eigenvalue weighted by Gasteiger charge is 2.18. The fourth-order valence-electron chi connectivity index (χ4n) is 3.92. The van der Waals surface area contributed by atoms with Gasteiger partial charge in [0, 0.05) is 22.9 Å². The molecule has 3 aromatic carbocycles. The number of pyridine rings is 1. The summed E-state index contributed by atoms with van der Waals surface area (Å²) in [6.45, 7) is 0. The molecule has 0 aliphatic heterocycles. The molecule has 0 unspecified atom stereocenters. The molecule has 0 fully saturated rings. The van der Waals surface area contributed by atoms with Gasteiger partial charge in [0.2, 0.25) is 5.82 Å². The predicted molar refractivity (Wildman–Crippen MR) is 149 cm³/mol. The van der Waals surface area contributed by atoms with E-state index in [2.05, 4.69) is 20.2 Å². The molecule has 0 atom stereocenters. The maximum atomic E-state index is 11.5. The van der Waals surface area contributed by atoms with Crippen molar-refractivity contribution in [3.05, 3.63) is 91.1 Å². The lowest BCUT2D eigenvalue weighted by Crippen LogP contribution is -2.02. The van der Waals surface area contributed by atoms with Gasteiger partial charge in [-0.25, -0.2) is 4.98 Å². The Morgan fingerprint density at radius 1 is 0.452 bits per heavy atom. The quantitative estimate of drug-likeness (QED) is 0.220. The van der Waals surface area contributed by atoms with Crippen LogP contribution in [0, 0.1) is 0 Å². The highest BCUT2D eigenvalue weighted by molar-refractivity contribution is 7.86. The summed E-state index contributed by atoms with van der Waals surface area (Å²) >= 11 is 0. The van der Waals surface area contributed by atoms with Crippen LogP contribution in [0.3, 0.4) is 0 Å². The maximum Gasteiger partial charge on any atom is 0.294 e. The van der Waals surface area contributed by atoms with Crippen LogP contribution < -0.4 is 0 Å². The fourth-order valence-corrected chi connectivity index (χ4v) is 5.36. The summed E-state index contributed by atoms with van der Waals surface area (Å²) in [5.41, 5.74) is 2.78. The van der Waals surface area contributed by atoms with Gasteiger partial charge in [-0.1, -0.05) is 42.5 Å². The van der Waals surface area contributed by atoms with Crippen LogP contribution in [0.2, 0.25) is 0 Å². The highest BCUT2D eigenvalue weighted by Crippen LogP contribution is 2.31. The summed E-state index contributed by atoms with van der Waals surface area (Å²) in [6, 6.07) is 19.1. The lowest BCUT2D eigenvalue weighted by Gasteiger charge is -2.11. The van der Waals surface area contributed by atoms with Crippen molar-refractivity contribution >= 4 is 30.4 Å². The first-order chi connectivity index (χ1) is 19.7. The Morgan fingerprint density at radius 2 is 0.857 bits per heavy atom. The number of hydrogen-bond donors (Lipinski definition) is 3. The smallest absolute Gasteiger partial charge is 0.282 e. The molecule has 0 aliphatic rings. The molecular formula is C26H18N4O9S3. The molecule has 0 saturated heterocycles. The standard InChI is InChI=1S/C26H18N4O9S3/c31-40(32,33)20-8-1-16(2-9-20)19-7-14-23(27-15-19)26-28-24(17-3-10-21(11-4-17)41(34,35)36)25(29-30-26)18-5-12-22(13-6-18)42(37,38)39/h1-15H,(H,31,32,33)(H,34,35,36)(H,37,38,39). The molecule has 3 N–H and O–H groups in total. The number of benzene rings is 3. The molecule has 0 saturated carbocycles. The van der Waals surface area contributed by atoms with Gasteiger partial charge in [0.05, 0.1) is 14.7 Å². The summed E-state index contributed by atoms with van der Waals surface area (Å²) in [5, 5.41) is 8.42. The predicted octanol–water partition coefficient (Wildman–Crippen LogP) is 3.67. The Bertz CT molecular complexity index is 2120. The van der Waals surface area contributed by atoms with Crippen LogP contribution in [-0.2, 0) is 30.4 Å². The molecule has 0 bridgehead atoms. The third kappa shape index (κ3) is 6.23. The van der Waals surface area contributed by atoms with Gasteiger partial charge >= 0.3 is 0 Å². The number of rotatable bonds is 7. The van der Waals surface area contributed by atoms with E-state index in [4.69, 9.17) is 0 Å². The van der Waals surface area contributed by atoms with E-state index in [0.29, 0.717) is 27.9 Å². The molecular weight excluding hydrogens is 609 g/mol. The van der Waals surface area contributed by atoms with E-state index < -0.39 is 30.4 Å². The van der Waals surface area contributed by atoms with Gasteiger partial charge in [0.25, 0.3) is 30.4 Å². The minimum atomic E-state index is -4.45. The van der Waals surface area contributed by atoms with Crippen molar-refractivity contribution in [1.29, 1.82) is 0 Å². The summed E-state index contributed by atoms with van der Waals surface area (Å²) in [6.07, 6.45) is 1.50. The van der Waals surface area contributed by atoms with E-state index in [9.17, 15) is 38.9 Å². The Balaban J connectivity index is 1.56. The minimum Gasteiger partial charge on any atom is -0.282 e. The van der Waals surface area contributed by atoms with Gasteiger partial charge in [-0.15, -0.1) is 10.2 Å². The Morgan fingerprint density at radius 3 is 1.26 bits per heavy atom. The molecule has 16 heteroatoms. The van der Waals surface area contributed by atoms with Crippen LogP contribution in [0.4, 0.5) is 0 Å². The minimum absolute atomic E-state index is 0.0930. The Labute approximate surface area is 239 Å². The average molecular weight is 627 g/mol. The first-order valence-corrected chi connectivity index (χ1v) is 16.0. The van der Waals surface area contributed by atoms with Crippen molar-refractivity contribution in [1.82, 2.24) is 20.2 Å². The Kier molecular flexibility index (Phi) is 7.44. The molecule has 214 valence electrons. The van der Waals surface area contributed by atoms with Gasteiger partial charge < -0.3 is 0 Å². The van der Waals surface area contributed by atoms with Crippen molar-refractivity contribution in [2.75, 3.05) is 0 Å². The summed E-state index contributed by atoms with van der Waals surface area (Å²) < 4.78 is 96.3. The topological polar surface area (TPSA) is 215 Å². The zero-order valence-corrected chi connectivity index (χ0v) is 23.4. The second-order valence-corrected chi connectivity index (χ2v) is 13.0. The third-order valence-electron chi connectivity index (χ3n) is 6.02. The maximum absolute atomic E-state index is 11.5. The van der Waals surface area contributed by atoms with Crippen molar-refractivity contribution < 1.29 is 38.9 Å². The van der Waals surface area contributed by atoms with Gasteiger partial charge in [-0.3, -0.25) is 18.6 Å². The second kappa shape index (κ2) is 10.8. The Hall–Kier alpha value is -4.45. The van der Waals surface area contributed by atoms with Crippen molar-refractivity contribution in [3.8, 4) is 45.2 Å². The van der Waals surface area contributed by atoms with Gasteiger partial charge in [0.1, 0.15) is 17.1 Å². The molecule has 5 rings (SSSR count). The summed E-state index contributed by atoms with van der Waals surface area (Å²) in [7, 11) is -13.2. The molecule has 2 heterocycles. The van der Waals surface area contributed by atoms with E-state index in [0.717, 1.165) is 0 Å². The SMILES string of the molecule is O=S(=O)(O)c1ccc(-c2ccc(-c3nnc(-c4ccc(S(=O)(=O)O)cc4)c(-c4ccc(S(=O)(=O)O)cc4)n3)nc2)cc1. The van der Waals surface area contributed by atoms with E-state index >= 15 is 0 Å². The van der Waals surface area contributed by atoms with Crippen molar-refractivity contribution in [2.45, 2.75) is 14.7 Å². The molecule has 0 amide bonds. The van der Waals surface area contributed by atoms with Crippen LogP contribution in [0.1, 0.15) is 0 Å². The third-order valence-corrected chi connectivity index (χ3v) is 8.62. The molecule has 42 heavy (non-hydrogen) atoms. The molecule has 0 aliphatic carbocycles. The number of aromatic nitrogens is 4. The first-order valence-electron chi connectivity index (χ1n) is 11.6. The van der Waals surface area contributed by atoms with Crippen LogP contribution in [-0.4, -0.2) is 59.1 Å². The lowest BCUT2D eigenvalue weighted by atomic mass is 10.0. The second-order valence-electron chi connectivity index (χ2n) is 8.76. The average Bonchev–Trinajstić information content (AvgIpc) is 2.96. The van der Waals surface area contributed by atoms with Gasteiger partial charge in [0.15, 0.2) is 0 Å². The molecule has 13 nitrogen and oxygen atoms in total.